The molecule has 0 saturated heterocycles. The van der Waals surface area contributed by atoms with Crippen LogP contribution >= 0.6 is 0 Å². The Balaban J connectivity index is 1.92. The fraction of sp³-hybridized carbons (Fsp3) is 0.429. The van der Waals surface area contributed by atoms with Gasteiger partial charge in [-0.05, 0) is 6.42 Å². The van der Waals surface area contributed by atoms with Gasteiger partial charge in [-0.2, -0.15) is 5.10 Å². The largest absolute Gasteiger partial charge is 0.500 e. The van der Waals surface area contributed by atoms with Crippen LogP contribution in [0.15, 0.2) is 36.7 Å². The molecule has 6 nitrogen and oxygen atoms in total. The molecule has 7 heteroatoms. The van der Waals surface area contributed by atoms with Crippen LogP contribution in [-0.2, 0) is 19.8 Å². The van der Waals surface area contributed by atoms with Crippen molar-refractivity contribution in [2.24, 2.45) is 0 Å². The zero-order valence-electron chi connectivity index (χ0n) is 12.7. The second-order valence-electron chi connectivity index (χ2n) is 4.60. The quantitative estimate of drug-likeness (QED) is 0.700. The van der Waals surface area contributed by atoms with Gasteiger partial charge in [-0.25, -0.2) is 4.98 Å². The van der Waals surface area contributed by atoms with Crippen molar-refractivity contribution >= 4 is 8.80 Å². The number of aromatic nitrogens is 3. The van der Waals surface area contributed by atoms with E-state index in [0.717, 1.165) is 30.4 Å². The van der Waals surface area contributed by atoms with Crippen LogP contribution in [0.2, 0.25) is 6.04 Å². The third-order valence-electron chi connectivity index (χ3n) is 3.37. The fourth-order valence-corrected chi connectivity index (χ4v) is 3.84. The van der Waals surface area contributed by atoms with Gasteiger partial charge in [-0.15, -0.1) is 0 Å². The molecule has 1 aromatic heterocycles. The molecule has 0 spiro atoms. The summed E-state index contributed by atoms with van der Waals surface area (Å²) in [7, 11) is 2.39. The van der Waals surface area contributed by atoms with Crippen LogP contribution in [0, 0.1) is 0 Å². The van der Waals surface area contributed by atoms with Crippen molar-refractivity contribution in [1.82, 2.24) is 14.8 Å². The predicted molar refractivity (Wildman–Crippen MR) is 81.7 cm³/mol. The molecule has 0 atom stereocenters. The third kappa shape index (κ3) is 3.98. The minimum atomic E-state index is -2.49. The minimum absolute atomic E-state index is 0.740. The summed E-state index contributed by atoms with van der Waals surface area (Å²) in [5.41, 5.74) is 1.02. The van der Waals surface area contributed by atoms with E-state index in [1.807, 2.05) is 35.0 Å². The molecule has 0 unspecified atom stereocenters. The molecular formula is C14H21N3O3Si. The molecule has 0 radical (unpaired) electrons. The first kappa shape index (κ1) is 15.8. The highest BCUT2D eigenvalue weighted by Gasteiger charge is 2.36. The second-order valence-corrected chi connectivity index (χ2v) is 7.69. The topological polar surface area (TPSA) is 58.4 Å². The Bertz CT molecular complexity index is 535. The maximum absolute atomic E-state index is 5.40. The van der Waals surface area contributed by atoms with Crippen LogP contribution in [0.1, 0.15) is 6.42 Å². The van der Waals surface area contributed by atoms with Crippen molar-refractivity contribution < 1.29 is 13.3 Å². The Morgan fingerprint density at radius 2 is 1.71 bits per heavy atom. The molecule has 0 bridgehead atoms. The highest BCUT2D eigenvalue weighted by molar-refractivity contribution is 6.60. The molecule has 0 aliphatic rings. The number of hydrogen-bond acceptors (Lipinski definition) is 5. The zero-order chi connectivity index (χ0) is 15.1. The maximum atomic E-state index is 5.40. The van der Waals surface area contributed by atoms with Gasteiger partial charge in [-0.3, -0.25) is 4.68 Å². The van der Waals surface area contributed by atoms with E-state index in [4.69, 9.17) is 13.3 Å². The van der Waals surface area contributed by atoms with Gasteiger partial charge >= 0.3 is 8.80 Å². The number of hydrogen-bond donors (Lipinski definition) is 0. The van der Waals surface area contributed by atoms with Crippen LogP contribution < -0.4 is 0 Å². The first-order valence-corrected chi connectivity index (χ1v) is 8.76. The molecule has 0 N–H and O–H groups in total. The molecule has 21 heavy (non-hydrogen) atoms. The SMILES string of the molecule is CO[Si](CCCn1cnc(-c2ccccc2)n1)(OC)OC. The van der Waals surface area contributed by atoms with Crippen molar-refractivity contribution in [2.75, 3.05) is 21.3 Å². The van der Waals surface area contributed by atoms with Crippen LogP contribution in [0.5, 0.6) is 0 Å². The summed E-state index contributed by atoms with van der Waals surface area (Å²) in [6, 6.07) is 10.7. The second kappa shape index (κ2) is 7.46. The summed E-state index contributed by atoms with van der Waals surface area (Å²) in [5, 5.41) is 4.48. The minimum Gasteiger partial charge on any atom is -0.377 e. The number of rotatable bonds is 8. The van der Waals surface area contributed by atoms with Gasteiger partial charge < -0.3 is 13.3 Å². The summed E-state index contributed by atoms with van der Waals surface area (Å²) in [6.45, 7) is 0.755. The van der Waals surface area contributed by atoms with E-state index in [0.29, 0.717) is 0 Å². The normalized spacial score (nSPS) is 11.8. The Morgan fingerprint density at radius 1 is 1.05 bits per heavy atom. The summed E-state index contributed by atoms with van der Waals surface area (Å²) >= 11 is 0. The van der Waals surface area contributed by atoms with Gasteiger partial charge in [0.05, 0.1) is 0 Å². The van der Waals surface area contributed by atoms with Crippen molar-refractivity contribution in [3.63, 3.8) is 0 Å². The molecular weight excluding hydrogens is 286 g/mol. The van der Waals surface area contributed by atoms with Gasteiger partial charge in [0.15, 0.2) is 5.82 Å². The van der Waals surface area contributed by atoms with E-state index in [1.165, 1.54) is 0 Å². The smallest absolute Gasteiger partial charge is 0.377 e. The molecule has 0 fully saturated rings. The van der Waals surface area contributed by atoms with E-state index < -0.39 is 8.80 Å². The summed E-state index contributed by atoms with van der Waals surface area (Å²) in [5.74, 6) is 0.740. The van der Waals surface area contributed by atoms with Gasteiger partial charge in [0.1, 0.15) is 6.33 Å². The Kier molecular flexibility index (Phi) is 5.63. The number of benzene rings is 1. The van der Waals surface area contributed by atoms with E-state index >= 15 is 0 Å². The molecule has 0 amide bonds. The predicted octanol–water partition coefficient (Wildman–Crippen LogP) is 2.21. The van der Waals surface area contributed by atoms with Crippen molar-refractivity contribution in [1.29, 1.82) is 0 Å². The molecule has 1 heterocycles. The Morgan fingerprint density at radius 3 is 2.33 bits per heavy atom. The monoisotopic (exact) mass is 307 g/mol. The van der Waals surface area contributed by atoms with Crippen LogP contribution in [0.3, 0.4) is 0 Å². The third-order valence-corrected chi connectivity index (χ3v) is 6.20. The lowest BCUT2D eigenvalue weighted by atomic mass is 10.2. The average Bonchev–Trinajstić information content (AvgIpc) is 3.02. The highest BCUT2D eigenvalue weighted by Crippen LogP contribution is 2.16. The van der Waals surface area contributed by atoms with Gasteiger partial charge in [0.2, 0.25) is 0 Å². The molecule has 1 aromatic carbocycles. The molecule has 2 rings (SSSR count). The van der Waals surface area contributed by atoms with E-state index in [1.54, 1.807) is 27.7 Å². The van der Waals surface area contributed by atoms with Gasteiger partial charge in [-0.1, -0.05) is 30.3 Å². The Hall–Kier alpha value is -1.54. The lowest BCUT2D eigenvalue weighted by molar-refractivity contribution is 0.122. The van der Waals surface area contributed by atoms with E-state index in [2.05, 4.69) is 10.1 Å². The lowest BCUT2D eigenvalue weighted by Gasteiger charge is -2.24. The average molecular weight is 307 g/mol. The molecule has 0 saturated carbocycles. The summed E-state index contributed by atoms with van der Waals surface area (Å²) in [4.78, 5) is 4.33. The van der Waals surface area contributed by atoms with E-state index in [-0.39, 0.29) is 0 Å². The fourth-order valence-electron chi connectivity index (χ4n) is 2.14. The van der Waals surface area contributed by atoms with Gasteiger partial charge in [0.25, 0.3) is 0 Å². The van der Waals surface area contributed by atoms with E-state index in [9.17, 15) is 0 Å². The molecule has 2 aromatic rings. The van der Waals surface area contributed by atoms with Crippen LogP contribution in [-0.4, -0.2) is 44.9 Å². The lowest BCUT2D eigenvalue weighted by Crippen LogP contribution is -2.42. The molecule has 114 valence electrons. The first-order chi connectivity index (χ1) is 10.2. The first-order valence-electron chi connectivity index (χ1n) is 6.83. The van der Waals surface area contributed by atoms with Crippen LogP contribution in [0.4, 0.5) is 0 Å². The standard InChI is InChI=1S/C14H21N3O3Si/c1-18-21(19-2,20-3)11-7-10-17-12-15-14(16-17)13-8-5-4-6-9-13/h4-6,8-9,12H,7,10-11H2,1-3H3. The molecule has 0 aliphatic carbocycles. The van der Waals surface area contributed by atoms with Gasteiger partial charge in [0, 0.05) is 39.5 Å². The van der Waals surface area contributed by atoms with Crippen molar-refractivity contribution in [3.05, 3.63) is 36.7 Å². The number of aryl methyl sites for hydroxylation is 1. The van der Waals surface area contributed by atoms with Crippen LogP contribution in [0.25, 0.3) is 11.4 Å². The highest BCUT2D eigenvalue weighted by atomic mass is 28.4. The summed E-state index contributed by atoms with van der Waals surface area (Å²) in [6.07, 6.45) is 2.61. The maximum Gasteiger partial charge on any atom is 0.500 e. The van der Waals surface area contributed by atoms with Crippen molar-refractivity contribution in [2.45, 2.75) is 19.0 Å². The van der Waals surface area contributed by atoms with Crippen molar-refractivity contribution in [3.8, 4) is 11.4 Å². The zero-order valence-corrected chi connectivity index (χ0v) is 13.7. The number of nitrogens with zero attached hydrogens (tertiary/aromatic N) is 3. The molecule has 0 aliphatic heterocycles. The summed E-state index contributed by atoms with van der Waals surface area (Å²) < 4.78 is 18.0. The Labute approximate surface area is 126 Å².